The van der Waals surface area contributed by atoms with Crippen LogP contribution in [0.4, 0.5) is 11.4 Å². The van der Waals surface area contributed by atoms with E-state index in [4.69, 9.17) is 28.9 Å². The molecule has 2 rings (SSSR count). The molecule has 0 unspecified atom stereocenters. The molecule has 0 spiro atoms. The average molecular weight is 337 g/mol. The van der Waals surface area contributed by atoms with Crippen LogP contribution in [-0.4, -0.2) is 8.42 Å². The van der Waals surface area contributed by atoms with Crippen LogP contribution < -0.4 is 10.5 Å². The number of sulfonamides is 1. The van der Waals surface area contributed by atoms with Crippen molar-refractivity contribution < 1.29 is 8.42 Å². The number of hydrogen-bond donors (Lipinski definition) is 2. The number of nitrogens with two attached hydrogens (primary N) is 1. The molecule has 102 valence electrons. The number of hydrogen-bond acceptors (Lipinski definition) is 4. The molecule has 0 aliphatic heterocycles. The van der Waals surface area contributed by atoms with Crippen molar-refractivity contribution in [3.63, 3.8) is 0 Å². The number of rotatable bonds is 3. The van der Waals surface area contributed by atoms with Crippen LogP contribution in [0.1, 0.15) is 5.56 Å². The van der Waals surface area contributed by atoms with Crippen molar-refractivity contribution in [1.82, 2.24) is 0 Å². The Balaban J connectivity index is 2.39. The first-order valence-electron chi connectivity index (χ1n) is 5.13. The molecule has 0 radical (unpaired) electrons. The third kappa shape index (κ3) is 3.14. The highest BCUT2D eigenvalue weighted by Gasteiger charge is 2.19. The first-order chi connectivity index (χ1) is 8.79. The van der Waals surface area contributed by atoms with Crippen LogP contribution in [0.5, 0.6) is 0 Å². The predicted molar refractivity (Wildman–Crippen MR) is 80.7 cm³/mol. The molecule has 1 heterocycles. The van der Waals surface area contributed by atoms with E-state index in [0.717, 1.165) is 11.3 Å². The maximum absolute atomic E-state index is 12.2. The molecule has 1 aromatic heterocycles. The maximum Gasteiger partial charge on any atom is 0.271 e. The molecular weight excluding hydrogens is 327 g/mol. The van der Waals surface area contributed by atoms with Gasteiger partial charge in [-0.2, -0.15) is 0 Å². The summed E-state index contributed by atoms with van der Waals surface area (Å²) in [6.45, 7) is 1.74. The second kappa shape index (κ2) is 5.20. The zero-order chi connectivity index (χ0) is 14.2. The van der Waals surface area contributed by atoms with E-state index in [1.54, 1.807) is 13.0 Å². The summed E-state index contributed by atoms with van der Waals surface area (Å²) >= 11 is 12.8. The Hall–Kier alpha value is -0.950. The van der Waals surface area contributed by atoms with Crippen LogP contribution in [0.25, 0.3) is 0 Å². The summed E-state index contributed by atoms with van der Waals surface area (Å²) in [5, 5.41) is 0.275. The molecule has 0 aliphatic carbocycles. The van der Waals surface area contributed by atoms with E-state index >= 15 is 0 Å². The fraction of sp³-hybridized carbons (Fsp3) is 0.0909. The van der Waals surface area contributed by atoms with Crippen molar-refractivity contribution in [2.45, 2.75) is 11.1 Å². The largest absolute Gasteiger partial charge is 0.399 e. The number of thiophene rings is 1. The first kappa shape index (κ1) is 14.5. The van der Waals surface area contributed by atoms with Crippen molar-refractivity contribution in [2.24, 2.45) is 0 Å². The quantitative estimate of drug-likeness (QED) is 0.838. The van der Waals surface area contributed by atoms with Gasteiger partial charge in [0.05, 0.1) is 15.0 Å². The van der Waals surface area contributed by atoms with Crippen molar-refractivity contribution in [2.75, 3.05) is 10.5 Å². The Bertz CT molecular complexity index is 707. The van der Waals surface area contributed by atoms with Gasteiger partial charge in [-0.3, -0.25) is 4.72 Å². The Morgan fingerprint density at radius 3 is 2.53 bits per heavy atom. The summed E-state index contributed by atoms with van der Waals surface area (Å²) in [7, 11) is -3.71. The topological polar surface area (TPSA) is 72.2 Å². The summed E-state index contributed by atoms with van der Waals surface area (Å²) in [4.78, 5) is 0. The van der Waals surface area contributed by atoms with E-state index in [1.165, 1.54) is 18.2 Å². The van der Waals surface area contributed by atoms with Gasteiger partial charge in [-0.15, -0.1) is 11.3 Å². The normalized spacial score (nSPS) is 11.5. The lowest BCUT2D eigenvalue weighted by atomic mass is 10.3. The average Bonchev–Trinajstić information content (AvgIpc) is 2.65. The van der Waals surface area contributed by atoms with Gasteiger partial charge in [-0.25, -0.2) is 8.42 Å². The second-order valence-corrected chi connectivity index (χ2v) is 7.84. The van der Waals surface area contributed by atoms with Gasteiger partial charge < -0.3 is 5.73 Å². The zero-order valence-corrected chi connectivity index (χ0v) is 12.9. The molecular formula is C11H10Cl2N2O2S2. The summed E-state index contributed by atoms with van der Waals surface area (Å²) in [5.41, 5.74) is 6.97. The van der Waals surface area contributed by atoms with Crippen LogP contribution in [0.15, 0.2) is 28.5 Å². The highest BCUT2D eigenvalue weighted by atomic mass is 35.5. The van der Waals surface area contributed by atoms with Gasteiger partial charge in [-0.1, -0.05) is 23.2 Å². The molecule has 0 saturated carbocycles. The van der Waals surface area contributed by atoms with Crippen molar-refractivity contribution in [3.05, 3.63) is 39.2 Å². The molecule has 19 heavy (non-hydrogen) atoms. The molecule has 0 saturated heterocycles. The lowest BCUT2D eigenvalue weighted by molar-refractivity contribution is 0.603. The van der Waals surface area contributed by atoms with Gasteiger partial charge in [0.1, 0.15) is 4.21 Å². The minimum Gasteiger partial charge on any atom is -0.399 e. The number of benzene rings is 1. The van der Waals surface area contributed by atoms with Crippen molar-refractivity contribution in [3.8, 4) is 0 Å². The number of aryl methyl sites for hydroxylation is 1. The summed E-state index contributed by atoms with van der Waals surface area (Å²) in [6.07, 6.45) is 0. The lowest BCUT2D eigenvalue weighted by Crippen LogP contribution is -2.12. The fourth-order valence-electron chi connectivity index (χ4n) is 1.38. The van der Waals surface area contributed by atoms with E-state index in [1.807, 2.05) is 0 Å². The smallest absolute Gasteiger partial charge is 0.271 e. The number of nitrogens with one attached hydrogen (secondary N) is 1. The Morgan fingerprint density at radius 1 is 1.26 bits per heavy atom. The molecule has 0 atom stereocenters. The summed E-state index contributed by atoms with van der Waals surface area (Å²) < 4.78 is 27.3. The van der Waals surface area contributed by atoms with Gasteiger partial charge >= 0.3 is 0 Å². The van der Waals surface area contributed by atoms with Crippen molar-refractivity contribution in [1.29, 1.82) is 0 Å². The third-order valence-corrected chi connectivity index (χ3v) is 6.06. The molecule has 4 nitrogen and oxygen atoms in total. The standard InChI is InChI=1S/C11H10Cl2N2O2S2/c1-6-4-10(18-11(6)13)19(16,17)15-9-5-7(14)2-3-8(9)12/h2-5,15H,14H2,1H3. The van der Waals surface area contributed by atoms with Crippen LogP contribution in [0.2, 0.25) is 9.36 Å². The number of halogens is 2. The molecule has 8 heteroatoms. The van der Waals surface area contributed by atoms with E-state index in [0.29, 0.717) is 15.6 Å². The van der Waals surface area contributed by atoms with Crippen LogP contribution in [0.3, 0.4) is 0 Å². The van der Waals surface area contributed by atoms with Crippen LogP contribution in [-0.2, 0) is 10.0 Å². The van der Waals surface area contributed by atoms with E-state index < -0.39 is 10.0 Å². The minimum absolute atomic E-state index is 0.133. The van der Waals surface area contributed by atoms with E-state index in [9.17, 15) is 8.42 Å². The highest BCUT2D eigenvalue weighted by molar-refractivity contribution is 7.94. The Kier molecular flexibility index (Phi) is 3.96. The lowest BCUT2D eigenvalue weighted by Gasteiger charge is -2.08. The zero-order valence-electron chi connectivity index (χ0n) is 9.78. The molecule has 0 bridgehead atoms. The molecule has 0 aliphatic rings. The maximum atomic E-state index is 12.2. The number of nitrogen functional groups attached to an aromatic ring is 1. The van der Waals surface area contributed by atoms with Gasteiger partial charge in [0, 0.05) is 5.69 Å². The van der Waals surface area contributed by atoms with Gasteiger partial charge in [0.25, 0.3) is 10.0 Å². The fourth-order valence-corrected chi connectivity index (χ4v) is 4.38. The van der Waals surface area contributed by atoms with Crippen LogP contribution >= 0.6 is 34.5 Å². The van der Waals surface area contributed by atoms with Crippen LogP contribution in [0, 0.1) is 6.92 Å². The van der Waals surface area contributed by atoms with E-state index in [-0.39, 0.29) is 14.9 Å². The highest BCUT2D eigenvalue weighted by Crippen LogP contribution is 2.33. The number of anilines is 2. The molecule has 0 amide bonds. The first-order valence-corrected chi connectivity index (χ1v) is 8.19. The summed E-state index contributed by atoms with van der Waals surface area (Å²) in [6, 6.07) is 6.09. The summed E-state index contributed by atoms with van der Waals surface area (Å²) in [5.74, 6) is 0. The molecule has 0 fully saturated rings. The molecule has 3 N–H and O–H groups in total. The predicted octanol–water partition coefficient (Wildman–Crippen LogP) is 3.75. The van der Waals surface area contributed by atoms with Gasteiger partial charge in [-0.05, 0) is 36.8 Å². The third-order valence-electron chi connectivity index (χ3n) is 2.33. The van der Waals surface area contributed by atoms with Gasteiger partial charge in [0.2, 0.25) is 0 Å². The minimum atomic E-state index is -3.71. The van der Waals surface area contributed by atoms with Gasteiger partial charge in [0.15, 0.2) is 0 Å². The molecule has 1 aromatic carbocycles. The SMILES string of the molecule is Cc1cc(S(=O)(=O)Nc2cc(N)ccc2Cl)sc1Cl. The van der Waals surface area contributed by atoms with E-state index in [2.05, 4.69) is 4.72 Å². The van der Waals surface area contributed by atoms with Crippen molar-refractivity contribution >= 4 is 55.9 Å². The Morgan fingerprint density at radius 2 is 1.95 bits per heavy atom. The Labute approximate surface area is 125 Å². The monoisotopic (exact) mass is 336 g/mol. The second-order valence-electron chi connectivity index (χ2n) is 3.87. The molecule has 2 aromatic rings.